The summed E-state index contributed by atoms with van der Waals surface area (Å²) in [6, 6.07) is 13.9. The Bertz CT molecular complexity index is 1470. The van der Waals surface area contributed by atoms with E-state index in [2.05, 4.69) is 20.9 Å². The molecule has 2 aromatic heterocycles. The molecule has 1 aliphatic heterocycles. The third kappa shape index (κ3) is 5.32. The van der Waals surface area contributed by atoms with E-state index in [1.54, 1.807) is 12.1 Å². The molecule has 0 radical (unpaired) electrons. The van der Waals surface area contributed by atoms with Crippen LogP contribution in [0, 0.1) is 18.7 Å². The summed E-state index contributed by atoms with van der Waals surface area (Å²) in [5, 5.41) is 2.08. The van der Waals surface area contributed by atoms with Gasteiger partial charge in [-0.05, 0) is 93.0 Å². The van der Waals surface area contributed by atoms with Gasteiger partial charge in [0.05, 0.1) is 5.52 Å². The maximum absolute atomic E-state index is 14.0. The molecule has 3 aliphatic rings. The quantitative estimate of drug-likeness (QED) is 0.331. The van der Waals surface area contributed by atoms with E-state index in [0.29, 0.717) is 18.6 Å². The molecule has 0 bridgehead atoms. The molecule has 0 saturated heterocycles. The summed E-state index contributed by atoms with van der Waals surface area (Å²) in [6.07, 6.45) is 8.30. The van der Waals surface area contributed by atoms with Crippen LogP contribution in [0.1, 0.15) is 49.1 Å². The van der Waals surface area contributed by atoms with Crippen LogP contribution in [0.15, 0.2) is 42.5 Å². The zero-order valence-corrected chi connectivity index (χ0v) is 23.2. The van der Waals surface area contributed by atoms with Crippen LogP contribution in [0.3, 0.4) is 0 Å². The Morgan fingerprint density at radius 3 is 2.72 bits per heavy atom. The number of aromatic amines is 1. The van der Waals surface area contributed by atoms with Crippen LogP contribution in [-0.4, -0.2) is 52.2 Å². The fourth-order valence-electron chi connectivity index (χ4n) is 6.82. The fraction of sp³-hybridized carbons (Fsp3) is 0.452. The first kappa shape index (κ1) is 27.7. The molecule has 4 aromatic rings. The summed E-state index contributed by atoms with van der Waals surface area (Å²) in [7, 11) is 0. The lowest BCUT2D eigenvalue weighted by atomic mass is 9.85. The summed E-state index contributed by atoms with van der Waals surface area (Å²) in [6.45, 7) is 4.50. The van der Waals surface area contributed by atoms with Crippen molar-refractivity contribution in [3.8, 4) is 11.5 Å². The average Bonchev–Trinajstić information content (AvgIpc) is 3.56. The monoisotopic (exact) mass is 553 g/mol. The van der Waals surface area contributed by atoms with Crippen molar-refractivity contribution in [1.29, 1.82) is 0 Å². The molecule has 0 amide bonds. The Morgan fingerprint density at radius 2 is 1.87 bits per heavy atom. The third-order valence-electron chi connectivity index (χ3n) is 8.66. The molecule has 2 aliphatic carbocycles. The first-order valence-corrected chi connectivity index (χ1v) is 13.8. The van der Waals surface area contributed by atoms with Crippen molar-refractivity contribution in [3.05, 3.63) is 65.2 Å². The van der Waals surface area contributed by atoms with Gasteiger partial charge in [-0.15, -0.1) is 12.4 Å². The topological polar surface area (TPSA) is 81.9 Å². The fourth-order valence-corrected chi connectivity index (χ4v) is 6.82. The molecular weight excluding hydrogens is 517 g/mol. The number of benzene rings is 2. The van der Waals surface area contributed by atoms with Crippen LogP contribution < -0.4 is 9.47 Å². The van der Waals surface area contributed by atoms with Crippen molar-refractivity contribution in [3.63, 3.8) is 0 Å². The molecule has 3 heterocycles. The molecule has 1 fully saturated rings. The molecule has 8 heteroatoms. The molecule has 1 saturated carbocycles. The highest BCUT2D eigenvalue weighted by Gasteiger charge is 2.32. The zero-order valence-electron chi connectivity index (χ0n) is 22.3. The lowest BCUT2D eigenvalue weighted by Crippen LogP contribution is -2.47. The molecule has 208 valence electrons. The Kier molecular flexibility index (Phi) is 8.04. The second-order valence-corrected chi connectivity index (χ2v) is 11.2. The third-order valence-corrected chi connectivity index (χ3v) is 8.66. The molecule has 39 heavy (non-hydrogen) atoms. The van der Waals surface area contributed by atoms with Gasteiger partial charge in [-0.1, -0.05) is 12.8 Å². The maximum atomic E-state index is 14.0. The molecule has 6 nitrogen and oxygen atoms in total. The van der Waals surface area contributed by atoms with E-state index in [1.165, 1.54) is 36.9 Å². The number of H-pyrrole nitrogens is 1. The predicted molar refractivity (Wildman–Crippen MR) is 155 cm³/mol. The smallest absolute Gasteiger partial charge is 0.171 e. The van der Waals surface area contributed by atoms with E-state index in [1.807, 2.05) is 31.2 Å². The summed E-state index contributed by atoms with van der Waals surface area (Å²) < 4.78 is 26.9. The number of halogens is 2. The van der Waals surface area contributed by atoms with Crippen LogP contribution in [0.25, 0.3) is 21.8 Å². The zero-order chi connectivity index (χ0) is 24.9. The summed E-state index contributed by atoms with van der Waals surface area (Å²) in [5.41, 5.74) is 5.62. The number of nitrogens with zero attached hydrogens (tertiary/aromatic N) is 2. The Hall–Kier alpha value is -2.87. The SMILES string of the molecule is Cc1ccc2c3c(ccc2n1)OC[C@H](CN(C[C@H]1CCc2[nH]c4ccc(F)cc4c2C1)C1CCCC1)O3.Cl.O. The van der Waals surface area contributed by atoms with Gasteiger partial charge in [0.1, 0.15) is 18.5 Å². The number of hydrogen-bond donors (Lipinski definition) is 1. The maximum Gasteiger partial charge on any atom is 0.171 e. The molecule has 7 rings (SSSR count). The first-order valence-electron chi connectivity index (χ1n) is 13.8. The van der Waals surface area contributed by atoms with Crippen molar-refractivity contribution in [1.82, 2.24) is 14.9 Å². The normalized spacial score (nSPS) is 20.6. The number of aromatic nitrogens is 2. The van der Waals surface area contributed by atoms with Gasteiger partial charge in [-0.3, -0.25) is 9.88 Å². The number of hydrogen-bond acceptors (Lipinski definition) is 4. The molecule has 0 unspecified atom stereocenters. The van der Waals surface area contributed by atoms with E-state index >= 15 is 0 Å². The van der Waals surface area contributed by atoms with Crippen LogP contribution in [0.5, 0.6) is 11.5 Å². The molecule has 2 atom stereocenters. The van der Waals surface area contributed by atoms with Crippen LogP contribution in [0.2, 0.25) is 0 Å². The largest absolute Gasteiger partial charge is 0.486 e. The minimum Gasteiger partial charge on any atom is -0.486 e. The van der Waals surface area contributed by atoms with Gasteiger partial charge in [0.25, 0.3) is 0 Å². The number of aryl methyl sites for hydroxylation is 2. The number of ether oxygens (including phenoxy) is 2. The first-order chi connectivity index (χ1) is 18.1. The van der Waals surface area contributed by atoms with Gasteiger partial charge in [-0.2, -0.15) is 0 Å². The minimum absolute atomic E-state index is 0. The predicted octanol–water partition coefficient (Wildman–Crippen LogP) is 5.95. The van der Waals surface area contributed by atoms with Crippen molar-refractivity contribution in [2.24, 2.45) is 5.92 Å². The molecule has 0 spiro atoms. The van der Waals surface area contributed by atoms with Crippen LogP contribution >= 0.6 is 12.4 Å². The highest BCUT2D eigenvalue weighted by Crippen LogP contribution is 2.39. The van der Waals surface area contributed by atoms with Crippen LogP contribution in [0.4, 0.5) is 4.39 Å². The van der Waals surface area contributed by atoms with Gasteiger partial charge in [0.2, 0.25) is 0 Å². The highest BCUT2D eigenvalue weighted by atomic mass is 35.5. The van der Waals surface area contributed by atoms with Gasteiger partial charge in [0, 0.05) is 46.8 Å². The van der Waals surface area contributed by atoms with Crippen LogP contribution in [-0.2, 0) is 12.8 Å². The summed E-state index contributed by atoms with van der Waals surface area (Å²) in [4.78, 5) is 10.9. The second kappa shape index (κ2) is 11.3. The van der Waals surface area contributed by atoms with E-state index < -0.39 is 0 Å². The Morgan fingerprint density at radius 1 is 1.03 bits per heavy atom. The van der Waals surface area contributed by atoms with E-state index in [9.17, 15) is 4.39 Å². The summed E-state index contributed by atoms with van der Waals surface area (Å²) in [5.74, 6) is 2.04. The highest BCUT2D eigenvalue weighted by molar-refractivity contribution is 5.88. The molecule has 2 aromatic carbocycles. The lowest BCUT2D eigenvalue weighted by molar-refractivity contribution is 0.0397. The van der Waals surface area contributed by atoms with Gasteiger partial charge in [0.15, 0.2) is 11.5 Å². The van der Waals surface area contributed by atoms with Gasteiger partial charge < -0.3 is 19.9 Å². The lowest BCUT2D eigenvalue weighted by Gasteiger charge is -2.37. The molecular formula is C31H37ClFN3O3. The van der Waals surface area contributed by atoms with Gasteiger partial charge in [-0.25, -0.2) is 4.39 Å². The van der Waals surface area contributed by atoms with E-state index in [4.69, 9.17) is 9.47 Å². The Balaban J connectivity index is 0.00000154. The average molecular weight is 554 g/mol. The van der Waals surface area contributed by atoms with Gasteiger partial charge >= 0.3 is 0 Å². The van der Waals surface area contributed by atoms with Crippen molar-refractivity contribution >= 4 is 34.2 Å². The number of rotatable bonds is 5. The van der Waals surface area contributed by atoms with Crippen molar-refractivity contribution < 1.29 is 19.3 Å². The van der Waals surface area contributed by atoms with Crippen molar-refractivity contribution in [2.45, 2.75) is 64.0 Å². The number of pyridine rings is 1. The second-order valence-electron chi connectivity index (χ2n) is 11.2. The minimum atomic E-state index is -0.156. The number of fused-ring (bicyclic) bond motifs is 6. The Labute approximate surface area is 234 Å². The summed E-state index contributed by atoms with van der Waals surface area (Å²) >= 11 is 0. The molecule has 3 N–H and O–H groups in total. The van der Waals surface area contributed by atoms with E-state index in [0.717, 1.165) is 71.4 Å². The number of nitrogens with one attached hydrogen (secondary N) is 1. The standard InChI is InChI=1S/C31H34FN3O2.ClH.H2O/c1-19-6-9-24-27(33-19)12-13-30-31(24)37-23(18-36-30)17-35(22-4-2-3-5-22)16-20-7-10-28-25(14-20)26-15-21(32)8-11-29(26)34-28;;/h6,8-9,11-13,15,20,22-23,34H,2-5,7,10,14,16-18H2,1H3;1H;1H2/t20-,23-;;/m0../s1. The van der Waals surface area contributed by atoms with Crippen molar-refractivity contribution in [2.75, 3.05) is 19.7 Å². The van der Waals surface area contributed by atoms with E-state index in [-0.39, 0.29) is 29.8 Å².